The Kier molecular flexibility index (Phi) is 5.39. The standard InChI is InChI=1S/C28H22ClNO5S/c1-13-9-22(32)25-20(26(13)33)11-18-16(23(25)19-10-14(29)4-7-21(19)31)5-6-17-24(18)28(35)30(27(17)34)12-15-3-2-8-36-15/h2-5,7-10,17-18,23-24,31H,6,11-12H2,1H3/t17-,18+,23+,24-/m0/s1. The zero-order chi connectivity index (χ0) is 25.3. The quantitative estimate of drug-likeness (QED) is 0.359. The number of likely N-dealkylation sites (tertiary alicyclic amines) is 1. The summed E-state index contributed by atoms with van der Waals surface area (Å²) in [5.74, 6) is -3.26. The van der Waals surface area contributed by atoms with Crippen LogP contribution in [0.1, 0.15) is 36.1 Å². The second-order valence-electron chi connectivity index (χ2n) is 9.77. The van der Waals surface area contributed by atoms with Gasteiger partial charge in [-0.1, -0.05) is 29.3 Å². The maximum Gasteiger partial charge on any atom is 0.234 e. The topological polar surface area (TPSA) is 91.8 Å². The van der Waals surface area contributed by atoms with Crippen LogP contribution in [0.25, 0.3) is 0 Å². The fourth-order valence-corrected chi connectivity index (χ4v) is 7.15. The molecule has 1 aliphatic heterocycles. The SMILES string of the molecule is CC1=CC(=O)C2=C(C[C@@H]3C(=CC[C@@H]4C(=O)N(Cc5cccs5)C(=O)[C@@H]43)[C@@H]2c2cc(Cl)ccc2O)C1=O. The van der Waals surface area contributed by atoms with E-state index >= 15 is 0 Å². The van der Waals surface area contributed by atoms with Crippen LogP contribution >= 0.6 is 22.9 Å². The highest BCUT2D eigenvalue weighted by atomic mass is 35.5. The Bertz CT molecular complexity index is 1450. The van der Waals surface area contributed by atoms with E-state index in [9.17, 15) is 24.3 Å². The summed E-state index contributed by atoms with van der Waals surface area (Å²) in [4.78, 5) is 55.8. The van der Waals surface area contributed by atoms with Crippen molar-refractivity contribution < 1.29 is 24.3 Å². The molecule has 2 aromatic rings. The van der Waals surface area contributed by atoms with Gasteiger partial charge in [0, 0.05) is 38.1 Å². The summed E-state index contributed by atoms with van der Waals surface area (Å²) in [5, 5.41) is 13.1. The van der Waals surface area contributed by atoms with Gasteiger partial charge in [0.05, 0.1) is 18.4 Å². The number of phenolic OH excluding ortho intramolecular Hbond substituents is 1. The first-order valence-corrected chi connectivity index (χ1v) is 13.1. The second-order valence-corrected chi connectivity index (χ2v) is 11.2. The van der Waals surface area contributed by atoms with Gasteiger partial charge in [-0.3, -0.25) is 24.1 Å². The smallest absolute Gasteiger partial charge is 0.234 e. The molecule has 2 heterocycles. The average molecular weight is 520 g/mol. The van der Waals surface area contributed by atoms with Gasteiger partial charge in [-0.2, -0.15) is 0 Å². The molecular formula is C28H22ClNO5S. The summed E-state index contributed by atoms with van der Waals surface area (Å²) < 4.78 is 0. The maximum atomic E-state index is 13.7. The van der Waals surface area contributed by atoms with Crippen molar-refractivity contribution in [2.75, 3.05) is 0 Å². The van der Waals surface area contributed by atoms with Gasteiger partial charge in [0.25, 0.3) is 0 Å². The fraction of sp³-hybridized carbons (Fsp3) is 0.286. The molecule has 182 valence electrons. The molecule has 8 heteroatoms. The van der Waals surface area contributed by atoms with Crippen LogP contribution in [0, 0.1) is 17.8 Å². The minimum Gasteiger partial charge on any atom is -0.508 e. The minimum absolute atomic E-state index is 0.0420. The number of hydrogen-bond acceptors (Lipinski definition) is 6. The number of carbonyl (C=O) groups is 4. The molecule has 1 aromatic heterocycles. The summed E-state index contributed by atoms with van der Waals surface area (Å²) in [6.45, 7) is 1.84. The second kappa shape index (κ2) is 8.39. The molecule has 1 N–H and O–H groups in total. The van der Waals surface area contributed by atoms with Crippen molar-refractivity contribution in [2.45, 2.75) is 32.2 Å². The van der Waals surface area contributed by atoms with Crippen LogP contribution in [0.3, 0.4) is 0 Å². The van der Waals surface area contributed by atoms with Crippen molar-refractivity contribution in [1.29, 1.82) is 0 Å². The third-order valence-electron chi connectivity index (χ3n) is 7.85. The number of carbonyl (C=O) groups excluding carboxylic acids is 4. The molecule has 0 spiro atoms. The lowest BCUT2D eigenvalue weighted by atomic mass is 9.59. The lowest BCUT2D eigenvalue weighted by Crippen LogP contribution is -2.39. The summed E-state index contributed by atoms with van der Waals surface area (Å²) in [6, 6.07) is 8.41. The van der Waals surface area contributed by atoms with E-state index in [1.165, 1.54) is 28.4 Å². The molecule has 4 atom stereocenters. The molecule has 0 unspecified atom stereocenters. The number of amides is 2. The zero-order valence-corrected chi connectivity index (χ0v) is 20.9. The maximum absolute atomic E-state index is 13.7. The molecule has 4 aliphatic rings. The first-order chi connectivity index (χ1) is 17.3. The van der Waals surface area contributed by atoms with Gasteiger partial charge in [-0.05, 0) is 61.4 Å². The van der Waals surface area contributed by atoms with Crippen molar-refractivity contribution in [3.05, 3.63) is 85.6 Å². The molecule has 0 saturated carbocycles. The lowest BCUT2D eigenvalue weighted by Gasteiger charge is -2.42. The number of halogens is 1. The number of phenols is 1. The lowest BCUT2D eigenvalue weighted by molar-refractivity contribution is -0.140. The van der Waals surface area contributed by atoms with Crippen LogP contribution in [-0.2, 0) is 25.7 Å². The number of imide groups is 1. The molecule has 1 saturated heterocycles. The zero-order valence-electron chi connectivity index (χ0n) is 19.4. The summed E-state index contributed by atoms with van der Waals surface area (Å²) in [5.41, 5.74) is 2.26. The highest BCUT2D eigenvalue weighted by Crippen LogP contribution is 2.56. The Morgan fingerprint density at radius 1 is 1.11 bits per heavy atom. The number of allylic oxidation sites excluding steroid dienone is 6. The number of ketones is 2. The highest BCUT2D eigenvalue weighted by Gasteiger charge is 2.56. The van der Waals surface area contributed by atoms with Crippen molar-refractivity contribution in [1.82, 2.24) is 4.90 Å². The monoisotopic (exact) mass is 519 g/mol. The summed E-state index contributed by atoms with van der Waals surface area (Å²) >= 11 is 7.77. The largest absolute Gasteiger partial charge is 0.508 e. The van der Waals surface area contributed by atoms with Crippen molar-refractivity contribution in [3.8, 4) is 5.75 Å². The van der Waals surface area contributed by atoms with Crippen LogP contribution in [-0.4, -0.2) is 33.4 Å². The van der Waals surface area contributed by atoms with E-state index in [0.717, 1.165) is 10.5 Å². The summed E-state index contributed by atoms with van der Waals surface area (Å²) in [6.07, 6.45) is 3.85. The van der Waals surface area contributed by atoms with Crippen molar-refractivity contribution in [2.24, 2.45) is 17.8 Å². The van der Waals surface area contributed by atoms with Gasteiger partial charge in [-0.15, -0.1) is 11.3 Å². The number of nitrogens with zero attached hydrogens (tertiary/aromatic N) is 1. The number of Topliss-reactive ketones (excluding diaryl/α,β-unsaturated/α-hetero) is 1. The molecule has 0 bridgehead atoms. The first-order valence-electron chi connectivity index (χ1n) is 11.8. The van der Waals surface area contributed by atoms with E-state index in [1.807, 2.05) is 23.6 Å². The molecule has 0 radical (unpaired) electrons. The molecule has 36 heavy (non-hydrogen) atoms. The number of benzene rings is 1. The number of thiophene rings is 1. The molecule has 1 fully saturated rings. The Morgan fingerprint density at radius 2 is 1.92 bits per heavy atom. The Labute approximate surface area is 216 Å². The number of rotatable bonds is 3. The van der Waals surface area contributed by atoms with E-state index in [4.69, 9.17) is 11.6 Å². The third-order valence-corrected chi connectivity index (χ3v) is 8.94. The Morgan fingerprint density at radius 3 is 2.67 bits per heavy atom. The third kappa shape index (κ3) is 3.37. The number of aromatic hydroxyl groups is 1. The van der Waals surface area contributed by atoms with Gasteiger partial charge in [0.1, 0.15) is 5.75 Å². The molecule has 1 aromatic carbocycles. The average Bonchev–Trinajstić information content (AvgIpc) is 3.45. The minimum atomic E-state index is -0.714. The van der Waals surface area contributed by atoms with Crippen LogP contribution in [0.15, 0.2) is 70.2 Å². The van der Waals surface area contributed by atoms with Gasteiger partial charge >= 0.3 is 0 Å². The van der Waals surface area contributed by atoms with Crippen LogP contribution < -0.4 is 0 Å². The van der Waals surface area contributed by atoms with Gasteiger partial charge in [0.15, 0.2) is 11.6 Å². The van der Waals surface area contributed by atoms with E-state index in [1.54, 1.807) is 19.1 Å². The van der Waals surface area contributed by atoms with E-state index < -0.39 is 23.7 Å². The predicted molar refractivity (Wildman–Crippen MR) is 134 cm³/mol. The number of hydrogen-bond donors (Lipinski definition) is 1. The van der Waals surface area contributed by atoms with Gasteiger partial charge in [-0.25, -0.2) is 0 Å². The fourth-order valence-electron chi connectivity index (χ4n) is 6.27. The van der Waals surface area contributed by atoms with E-state index in [2.05, 4.69) is 0 Å². The molecule has 3 aliphatic carbocycles. The molecule has 2 amide bonds. The molecular weight excluding hydrogens is 498 g/mol. The molecule has 6 rings (SSSR count). The Balaban J connectivity index is 1.48. The number of fused-ring (bicyclic) bond motifs is 3. The van der Waals surface area contributed by atoms with Gasteiger partial charge in [0.2, 0.25) is 11.8 Å². The van der Waals surface area contributed by atoms with E-state index in [-0.39, 0.29) is 42.1 Å². The van der Waals surface area contributed by atoms with Crippen LogP contribution in [0.5, 0.6) is 5.75 Å². The van der Waals surface area contributed by atoms with Crippen molar-refractivity contribution >= 4 is 46.3 Å². The normalized spacial score (nSPS) is 27.6. The predicted octanol–water partition coefficient (Wildman–Crippen LogP) is 4.74. The summed E-state index contributed by atoms with van der Waals surface area (Å²) in [7, 11) is 0. The Hall–Kier alpha value is -3.29. The van der Waals surface area contributed by atoms with Gasteiger partial charge < -0.3 is 5.11 Å². The van der Waals surface area contributed by atoms with Crippen LogP contribution in [0.2, 0.25) is 5.02 Å². The van der Waals surface area contributed by atoms with E-state index in [0.29, 0.717) is 33.7 Å². The first kappa shape index (κ1) is 23.1. The van der Waals surface area contributed by atoms with Crippen molar-refractivity contribution in [3.63, 3.8) is 0 Å². The molecule has 6 nitrogen and oxygen atoms in total. The highest BCUT2D eigenvalue weighted by molar-refractivity contribution is 7.09. The van der Waals surface area contributed by atoms with Crippen LogP contribution in [0.4, 0.5) is 0 Å².